The third kappa shape index (κ3) is 4.25. The number of hydrogen-bond donors (Lipinski definition) is 0. The summed E-state index contributed by atoms with van der Waals surface area (Å²) in [4.78, 5) is 14.6. The smallest absolute Gasteiger partial charge is 0.263 e. The van der Waals surface area contributed by atoms with Crippen molar-refractivity contribution in [3.63, 3.8) is 0 Å². The fraction of sp³-hybridized carbons (Fsp3) is 0.350. The number of methoxy groups -OCH3 is 2. The first-order valence-electron chi connectivity index (χ1n) is 8.57. The van der Waals surface area contributed by atoms with E-state index >= 15 is 0 Å². The largest absolute Gasteiger partial charge is 0.493 e. The summed E-state index contributed by atoms with van der Waals surface area (Å²) in [7, 11) is 3.21. The summed E-state index contributed by atoms with van der Waals surface area (Å²) < 4.78 is 16.5. The first-order valence-corrected chi connectivity index (χ1v) is 9.32. The highest BCUT2D eigenvalue weighted by Crippen LogP contribution is 2.34. The Morgan fingerprint density at radius 1 is 1.04 bits per heavy atom. The molecule has 0 bridgehead atoms. The minimum Gasteiger partial charge on any atom is -0.493 e. The third-order valence-corrected chi connectivity index (χ3v) is 5.11. The van der Waals surface area contributed by atoms with E-state index in [1.165, 1.54) is 0 Å². The number of nitrogens with zero attached hydrogens (tertiary/aromatic N) is 1. The monoisotopic (exact) mass is 409 g/mol. The molecular formula is C20H21Cl2NO4. The standard InChI is InChI=1S/C20H21Cl2NO4/c1-12(27-17-5-4-15(21)10-16(17)22)20(24)23-7-6-13-8-18(25-2)19(26-3)9-14(13)11-23/h4-5,8-10,12H,6-7,11H2,1-3H3. The molecule has 0 aliphatic carbocycles. The lowest BCUT2D eigenvalue weighted by Crippen LogP contribution is -2.43. The van der Waals surface area contributed by atoms with Gasteiger partial charge in [-0.15, -0.1) is 0 Å². The molecule has 2 aromatic rings. The van der Waals surface area contributed by atoms with E-state index in [-0.39, 0.29) is 5.91 Å². The minimum absolute atomic E-state index is 0.0959. The summed E-state index contributed by atoms with van der Waals surface area (Å²) in [6, 6.07) is 8.83. The van der Waals surface area contributed by atoms with Crippen LogP contribution in [0.4, 0.5) is 0 Å². The molecule has 0 aromatic heterocycles. The number of benzene rings is 2. The maximum Gasteiger partial charge on any atom is 0.263 e. The SMILES string of the molecule is COc1cc2c(cc1OC)CN(C(=O)C(C)Oc1ccc(Cl)cc1Cl)CC2. The van der Waals surface area contributed by atoms with Gasteiger partial charge in [-0.05, 0) is 54.8 Å². The summed E-state index contributed by atoms with van der Waals surface area (Å²) in [5.74, 6) is 1.69. The summed E-state index contributed by atoms with van der Waals surface area (Å²) >= 11 is 12.0. The molecule has 3 rings (SSSR count). The number of ether oxygens (including phenoxy) is 3. The lowest BCUT2D eigenvalue weighted by atomic mass is 9.98. The van der Waals surface area contributed by atoms with Gasteiger partial charge in [0.2, 0.25) is 0 Å². The molecule has 1 aliphatic heterocycles. The average Bonchev–Trinajstić information content (AvgIpc) is 2.67. The predicted molar refractivity (Wildman–Crippen MR) is 105 cm³/mol. The van der Waals surface area contributed by atoms with Crippen LogP contribution in [0.15, 0.2) is 30.3 Å². The van der Waals surface area contributed by atoms with E-state index in [9.17, 15) is 4.79 Å². The second kappa shape index (κ2) is 8.28. The molecular weight excluding hydrogens is 389 g/mol. The number of hydrogen-bond acceptors (Lipinski definition) is 4. The highest BCUT2D eigenvalue weighted by atomic mass is 35.5. The van der Waals surface area contributed by atoms with Crippen molar-refractivity contribution in [2.45, 2.75) is 26.0 Å². The van der Waals surface area contributed by atoms with Crippen molar-refractivity contribution >= 4 is 29.1 Å². The van der Waals surface area contributed by atoms with Crippen molar-refractivity contribution in [1.82, 2.24) is 4.90 Å². The number of rotatable bonds is 5. The van der Waals surface area contributed by atoms with E-state index in [0.29, 0.717) is 40.4 Å². The molecule has 5 nitrogen and oxygen atoms in total. The van der Waals surface area contributed by atoms with Gasteiger partial charge in [-0.1, -0.05) is 23.2 Å². The fourth-order valence-corrected chi connectivity index (χ4v) is 3.59. The van der Waals surface area contributed by atoms with E-state index in [2.05, 4.69) is 0 Å². The van der Waals surface area contributed by atoms with Gasteiger partial charge >= 0.3 is 0 Å². The zero-order chi connectivity index (χ0) is 19.6. The summed E-state index contributed by atoms with van der Waals surface area (Å²) in [5.41, 5.74) is 2.20. The van der Waals surface area contributed by atoms with E-state index in [0.717, 1.165) is 17.5 Å². The summed E-state index contributed by atoms with van der Waals surface area (Å²) in [5, 5.41) is 0.895. The molecule has 1 aliphatic rings. The lowest BCUT2D eigenvalue weighted by Gasteiger charge is -2.31. The van der Waals surface area contributed by atoms with Crippen LogP contribution in [0.5, 0.6) is 17.2 Å². The summed E-state index contributed by atoms with van der Waals surface area (Å²) in [6.07, 6.45) is 0.0842. The van der Waals surface area contributed by atoms with Crippen molar-refractivity contribution in [3.8, 4) is 17.2 Å². The summed E-state index contributed by atoms with van der Waals surface area (Å²) in [6.45, 7) is 2.83. The van der Waals surface area contributed by atoms with Crippen LogP contribution in [0.3, 0.4) is 0 Å². The van der Waals surface area contributed by atoms with Crippen LogP contribution in [0, 0.1) is 0 Å². The molecule has 0 fully saturated rings. The molecule has 1 atom stereocenters. The van der Waals surface area contributed by atoms with E-state index in [1.807, 2.05) is 12.1 Å². The van der Waals surface area contributed by atoms with Crippen LogP contribution < -0.4 is 14.2 Å². The molecule has 1 heterocycles. The first-order chi connectivity index (χ1) is 12.9. The lowest BCUT2D eigenvalue weighted by molar-refractivity contribution is -0.138. The zero-order valence-corrected chi connectivity index (χ0v) is 16.9. The van der Waals surface area contributed by atoms with Crippen molar-refractivity contribution < 1.29 is 19.0 Å². The topological polar surface area (TPSA) is 48.0 Å². The van der Waals surface area contributed by atoms with E-state index in [1.54, 1.807) is 44.2 Å². The molecule has 144 valence electrons. The van der Waals surface area contributed by atoms with Crippen LogP contribution in [-0.4, -0.2) is 37.7 Å². The Morgan fingerprint density at radius 3 is 2.33 bits per heavy atom. The van der Waals surface area contributed by atoms with Crippen LogP contribution in [-0.2, 0) is 17.8 Å². The normalized spacial score (nSPS) is 14.3. The Morgan fingerprint density at radius 2 is 1.70 bits per heavy atom. The van der Waals surface area contributed by atoms with Gasteiger partial charge in [0.15, 0.2) is 17.6 Å². The molecule has 2 aromatic carbocycles. The number of carbonyl (C=O) groups excluding carboxylic acids is 1. The van der Waals surface area contributed by atoms with Gasteiger partial charge in [-0.3, -0.25) is 4.79 Å². The van der Waals surface area contributed by atoms with Crippen LogP contribution in [0.25, 0.3) is 0 Å². The second-order valence-electron chi connectivity index (χ2n) is 6.32. The fourth-order valence-electron chi connectivity index (χ4n) is 3.14. The average molecular weight is 410 g/mol. The van der Waals surface area contributed by atoms with Gasteiger partial charge in [0, 0.05) is 18.1 Å². The van der Waals surface area contributed by atoms with Crippen molar-refractivity contribution in [1.29, 1.82) is 0 Å². The number of fused-ring (bicyclic) bond motifs is 1. The Labute approximate surface area is 168 Å². The number of halogens is 2. The van der Waals surface area contributed by atoms with E-state index in [4.69, 9.17) is 37.4 Å². The van der Waals surface area contributed by atoms with Crippen molar-refractivity contribution in [2.75, 3.05) is 20.8 Å². The zero-order valence-electron chi connectivity index (χ0n) is 15.4. The van der Waals surface area contributed by atoms with Crippen LogP contribution in [0.2, 0.25) is 10.0 Å². The number of carbonyl (C=O) groups is 1. The van der Waals surface area contributed by atoms with Gasteiger partial charge in [0.25, 0.3) is 5.91 Å². The molecule has 0 spiro atoms. The van der Waals surface area contributed by atoms with Gasteiger partial charge in [-0.2, -0.15) is 0 Å². The highest BCUT2D eigenvalue weighted by molar-refractivity contribution is 6.35. The third-order valence-electron chi connectivity index (χ3n) is 4.58. The highest BCUT2D eigenvalue weighted by Gasteiger charge is 2.27. The Kier molecular flexibility index (Phi) is 6.02. The molecule has 0 radical (unpaired) electrons. The first kappa shape index (κ1) is 19.6. The van der Waals surface area contributed by atoms with Gasteiger partial charge in [0.05, 0.1) is 19.2 Å². The van der Waals surface area contributed by atoms with Crippen LogP contribution >= 0.6 is 23.2 Å². The Bertz CT molecular complexity index is 856. The molecule has 27 heavy (non-hydrogen) atoms. The van der Waals surface area contributed by atoms with Gasteiger partial charge < -0.3 is 19.1 Å². The van der Waals surface area contributed by atoms with Crippen LogP contribution in [0.1, 0.15) is 18.1 Å². The second-order valence-corrected chi connectivity index (χ2v) is 7.16. The Hall–Kier alpha value is -2.11. The molecule has 1 unspecified atom stereocenters. The van der Waals surface area contributed by atoms with Crippen molar-refractivity contribution in [2.24, 2.45) is 0 Å². The molecule has 0 N–H and O–H groups in total. The number of amides is 1. The molecule has 1 amide bonds. The van der Waals surface area contributed by atoms with Gasteiger partial charge in [0.1, 0.15) is 5.75 Å². The molecule has 7 heteroatoms. The minimum atomic E-state index is -0.662. The quantitative estimate of drug-likeness (QED) is 0.735. The van der Waals surface area contributed by atoms with Gasteiger partial charge in [-0.25, -0.2) is 0 Å². The molecule has 0 saturated carbocycles. The van der Waals surface area contributed by atoms with Crippen molar-refractivity contribution in [3.05, 3.63) is 51.5 Å². The Balaban J connectivity index is 1.73. The van der Waals surface area contributed by atoms with E-state index < -0.39 is 6.10 Å². The maximum atomic E-state index is 12.8. The maximum absolute atomic E-state index is 12.8. The predicted octanol–water partition coefficient (Wildman–Crippen LogP) is 4.36. The molecule has 0 saturated heterocycles.